The van der Waals surface area contributed by atoms with Crippen LogP contribution in [0.4, 0.5) is 10.1 Å². The molecule has 1 aliphatic carbocycles. The van der Waals surface area contributed by atoms with E-state index in [0.717, 1.165) is 42.0 Å². The van der Waals surface area contributed by atoms with Crippen LogP contribution in [0.3, 0.4) is 0 Å². The highest BCUT2D eigenvalue weighted by molar-refractivity contribution is 5.82. The van der Waals surface area contributed by atoms with Gasteiger partial charge in [-0.05, 0) is 67.1 Å². The van der Waals surface area contributed by atoms with Crippen LogP contribution in [0.5, 0.6) is 0 Å². The summed E-state index contributed by atoms with van der Waals surface area (Å²) in [6.07, 6.45) is 1.87. The number of hydrogen-bond donors (Lipinski definition) is 3. The van der Waals surface area contributed by atoms with Crippen LogP contribution in [0.2, 0.25) is 0 Å². The number of halogens is 1. The normalized spacial score (nSPS) is 20.2. The van der Waals surface area contributed by atoms with Gasteiger partial charge in [-0.1, -0.05) is 18.2 Å². The zero-order valence-electron chi connectivity index (χ0n) is 14.4. The third-order valence-electron chi connectivity index (χ3n) is 4.62. The van der Waals surface area contributed by atoms with E-state index in [-0.39, 0.29) is 11.9 Å². The monoisotopic (exact) mass is 341 g/mol. The molecule has 0 aromatic heterocycles. The van der Waals surface area contributed by atoms with Crippen molar-refractivity contribution in [3.8, 4) is 0 Å². The van der Waals surface area contributed by atoms with E-state index in [9.17, 15) is 9.50 Å². The highest BCUT2D eigenvalue weighted by Crippen LogP contribution is 2.31. The second-order valence-electron chi connectivity index (χ2n) is 6.52. The Bertz CT molecular complexity index is 758. The van der Waals surface area contributed by atoms with Crippen LogP contribution >= 0.6 is 0 Å². The summed E-state index contributed by atoms with van der Waals surface area (Å²) in [7, 11) is 0. The van der Waals surface area contributed by atoms with Crippen LogP contribution in [0.25, 0.3) is 0 Å². The van der Waals surface area contributed by atoms with Crippen molar-refractivity contribution in [2.24, 2.45) is 10.7 Å². The first kappa shape index (κ1) is 17.6. The largest absolute Gasteiger partial charge is 0.391 e. The molecule has 3 rings (SSSR count). The lowest BCUT2D eigenvalue weighted by molar-refractivity contribution is 0.128. The van der Waals surface area contributed by atoms with Crippen LogP contribution in [-0.2, 0) is 12.8 Å². The van der Waals surface area contributed by atoms with E-state index in [2.05, 4.69) is 10.3 Å². The van der Waals surface area contributed by atoms with Gasteiger partial charge in [-0.15, -0.1) is 0 Å². The molecule has 0 bridgehead atoms. The van der Waals surface area contributed by atoms with E-state index in [1.54, 1.807) is 12.1 Å². The molecule has 2 aromatic carbocycles. The van der Waals surface area contributed by atoms with E-state index in [1.165, 1.54) is 17.7 Å². The third kappa shape index (κ3) is 4.44. The van der Waals surface area contributed by atoms with E-state index in [4.69, 9.17) is 5.73 Å². The van der Waals surface area contributed by atoms with Crippen molar-refractivity contribution in [3.05, 3.63) is 65.0 Å². The topological polar surface area (TPSA) is 70.6 Å². The number of rotatable bonds is 4. The van der Waals surface area contributed by atoms with Crippen molar-refractivity contribution >= 4 is 11.5 Å². The molecule has 0 heterocycles. The van der Waals surface area contributed by atoms with E-state index >= 15 is 0 Å². The Kier molecular flexibility index (Phi) is 5.46. The van der Waals surface area contributed by atoms with Crippen molar-refractivity contribution in [3.63, 3.8) is 0 Å². The summed E-state index contributed by atoms with van der Waals surface area (Å²) in [5.74, 6) is 0.595. The minimum atomic E-state index is -0.485. The fraction of sp³-hybridized carbons (Fsp3) is 0.350. The average Bonchev–Trinajstić information content (AvgIpc) is 2.60. The summed E-state index contributed by atoms with van der Waals surface area (Å²) in [6, 6.07) is 12.2. The molecule has 5 heteroatoms. The molecule has 132 valence electrons. The van der Waals surface area contributed by atoms with Gasteiger partial charge >= 0.3 is 0 Å². The summed E-state index contributed by atoms with van der Waals surface area (Å²) >= 11 is 0. The second-order valence-corrected chi connectivity index (χ2v) is 6.52. The van der Waals surface area contributed by atoms with Gasteiger partial charge in [0.25, 0.3) is 0 Å². The van der Waals surface area contributed by atoms with Gasteiger partial charge < -0.3 is 16.2 Å². The van der Waals surface area contributed by atoms with Gasteiger partial charge in [-0.25, -0.2) is 9.38 Å². The van der Waals surface area contributed by atoms with Gasteiger partial charge in [0.2, 0.25) is 0 Å². The molecule has 0 aliphatic heterocycles. The molecular weight excluding hydrogens is 317 g/mol. The lowest BCUT2D eigenvalue weighted by atomic mass is 9.86. The number of aliphatic imine (C=N–C) groups is 1. The van der Waals surface area contributed by atoms with Crippen molar-refractivity contribution in [1.82, 2.24) is 5.32 Å². The number of aliphatic hydroxyl groups excluding tert-OH is 1. The number of hydrogen-bond acceptors (Lipinski definition) is 3. The lowest BCUT2D eigenvalue weighted by Gasteiger charge is -2.27. The number of nitrogens with zero attached hydrogens (tertiary/aromatic N) is 1. The van der Waals surface area contributed by atoms with Gasteiger partial charge in [0.1, 0.15) is 5.82 Å². The fourth-order valence-electron chi connectivity index (χ4n) is 3.15. The standard InChI is InChI=1S/C20H24FN3O/c1-13(23-11-10-14-2-6-16(21)7-3-14)24-17-8-4-15-5-9-19(25)20(22)18(15)12-17/h2-4,6-8,12,19-20,25H,5,9-11,22H2,1H3,(H,23,24)/t19-,20-/m1/s1. The van der Waals surface area contributed by atoms with E-state index in [0.29, 0.717) is 6.42 Å². The second kappa shape index (κ2) is 7.76. The smallest absolute Gasteiger partial charge is 0.123 e. The Balaban J connectivity index is 1.61. The Hall–Kier alpha value is -2.24. The number of nitrogens with one attached hydrogen (secondary N) is 1. The van der Waals surface area contributed by atoms with Gasteiger partial charge in [-0.3, -0.25) is 0 Å². The zero-order chi connectivity index (χ0) is 17.8. The maximum Gasteiger partial charge on any atom is 0.123 e. The summed E-state index contributed by atoms with van der Waals surface area (Å²) in [5, 5.41) is 13.2. The van der Waals surface area contributed by atoms with Crippen molar-refractivity contribution in [2.75, 3.05) is 6.54 Å². The van der Waals surface area contributed by atoms with Crippen LogP contribution in [0.1, 0.15) is 36.1 Å². The fourth-order valence-corrected chi connectivity index (χ4v) is 3.15. The quantitative estimate of drug-likeness (QED) is 0.591. The van der Waals surface area contributed by atoms with Gasteiger partial charge in [0, 0.05) is 6.54 Å². The molecular formula is C20H24FN3O. The van der Waals surface area contributed by atoms with Crippen LogP contribution in [-0.4, -0.2) is 23.6 Å². The zero-order valence-corrected chi connectivity index (χ0v) is 14.4. The van der Waals surface area contributed by atoms with Gasteiger partial charge in [-0.2, -0.15) is 0 Å². The molecule has 0 radical (unpaired) electrons. The molecule has 0 saturated carbocycles. The molecule has 0 saturated heterocycles. The summed E-state index contributed by atoms with van der Waals surface area (Å²) < 4.78 is 12.9. The van der Waals surface area contributed by atoms with Gasteiger partial charge in [0.15, 0.2) is 0 Å². The number of aliphatic hydroxyl groups is 1. The number of fused-ring (bicyclic) bond motifs is 1. The SMILES string of the molecule is CC(=Nc1ccc2c(c1)[C@@H](N)[C@H](O)CC2)NCCc1ccc(F)cc1. The summed E-state index contributed by atoms with van der Waals surface area (Å²) in [5.41, 5.74) is 10.2. The number of amidine groups is 1. The van der Waals surface area contributed by atoms with E-state index < -0.39 is 6.10 Å². The highest BCUT2D eigenvalue weighted by atomic mass is 19.1. The Labute approximate surface area is 147 Å². The lowest BCUT2D eigenvalue weighted by Crippen LogP contribution is -2.31. The highest BCUT2D eigenvalue weighted by Gasteiger charge is 2.24. The molecule has 25 heavy (non-hydrogen) atoms. The molecule has 2 atom stereocenters. The molecule has 0 spiro atoms. The maximum atomic E-state index is 12.9. The Morgan fingerprint density at radius 2 is 2.04 bits per heavy atom. The minimum Gasteiger partial charge on any atom is -0.391 e. The average molecular weight is 341 g/mol. The first-order valence-corrected chi connectivity index (χ1v) is 8.63. The van der Waals surface area contributed by atoms with Crippen molar-refractivity contribution < 1.29 is 9.50 Å². The Morgan fingerprint density at radius 1 is 1.28 bits per heavy atom. The van der Waals surface area contributed by atoms with Crippen LogP contribution in [0, 0.1) is 5.82 Å². The first-order valence-electron chi connectivity index (χ1n) is 8.63. The van der Waals surface area contributed by atoms with E-state index in [1.807, 2.05) is 25.1 Å². The molecule has 4 N–H and O–H groups in total. The molecule has 0 unspecified atom stereocenters. The number of benzene rings is 2. The Morgan fingerprint density at radius 3 is 2.80 bits per heavy atom. The van der Waals surface area contributed by atoms with Crippen molar-refractivity contribution in [1.29, 1.82) is 0 Å². The number of nitrogens with two attached hydrogens (primary N) is 1. The molecule has 2 aromatic rings. The van der Waals surface area contributed by atoms with Crippen molar-refractivity contribution in [2.45, 2.75) is 38.3 Å². The first-order chi connectivity index (χ1) is 12.0. The molecule has 4 nitrogen and oxygen atoms in total. The van der Waals surface area contributed by atoms with Gasteiger partial charge in [0.05, 0.1) is 23.7 Å². The predicted octanol–water partition coefficient (Wildman–Crippen LogP) is 3.01. The maximum absolute atomic E-state index is 12.9. The number of aryl methyl sites for hydroxylation is 1. The third-order valence-corrected chi connectivity index (χ3v) is 4.62. The van der Waals surface area contributed by atoms with Crippen LogP contribution in [0.15, 0.2) is 47.5 Å². The summed E-state index contributed by atoms with van der Waals surface area (Å²) in [4.78, 5) is 4.58. The van der Waals surface area contributed by atoms with Crippen LogP contribution < -0.4 is 11.1 Å². The minimum absolute atomic E-state index is 0.217. The molecule has 1 aliphatic rings. The molecule has 0 amide bonds. The predicted molar refractivity (Wildman–Crippen MR) is 98.6 cm³/mol. The summed E-state index contributed by atoms with van der Waals surface area (Å²) in [6.45, 7) is 2.64. The molecule has 0 fully saturated rings.